The van der Waals surface area contributed by atoms with Crippen molar-refractivity contribution in [3.05, 3.63) is 47.0 Å². The number of likely N-dealkylation sites (tertiary alicyclic amines) is 1. The van der Waals surface area contributed by atoms with Gasteiger partial charge in [-0.25, -0.2) is 9.78 Å². The molecule has 8 heteroatoms. The van der Waals surface area contributed by atoms with Gasteiger partial charge < -0.3 is 24.6 Å². The maximum atomic E-state index is 13.6. The van der Waals surface area contributed by atoms with Crippen molar-refractivity contribution in [1.29, 1.82) is 0 Å². The first kappa shape index (κ1) is 21.4. The molecule has 2 aromatic rings. The Morgan fingerprint density at radius 1 is 1.16 bits per heavy atom. The highest BCUT2D eigenvalue weighted by Gasteiger charge is 2.59. The van der Waals surface area contributed by atoms with Crippen LogP contribution in [0.3, 0.4) is 0 Å². The third-order valence-corrected chi connectivity index (χ3v) is 6.55. The van der Waals surface area contributed by atoms with Gasteiger partial charge in [-0.1, -0.05) is 32.0 Å². The Labute approximate surface area is 182 Å². The van der Waals surface area contributed by atoms with Crippen molar-refractivity contribution in [1.82, 2.24) is 14.5 Å². The molecular formula is C23H30N4O4. The van der Waals surface area contributed by atoms with E-state index >= 15 is 0 Å². The zero-order valence-electron chi connectivity index (χ0n) is 18.2. The summed E-state index contributed by atoms with van der Waals surface area (Å²) in [5.41, 5.74) is 3.20. The van der Waals surface area contributed by atoms with E-state index in [1.165, 1.54) is 10.6 Å². The first-order valence-electron chi connectivity index (χ1n) is 11.0. The minimum atomic E-state index is -0.992. The van der Waals surface area contributed by atoms with Crippen molar-refractivity contribution < 1.29 is 19.8 Å². The molecule has 0 aliphatic carbocycles. The number of fused-ring (bicyclic) bond motifs is 2. The van der Waals surface area contributed by atoms with Crippen LogP contribution in [0.15, 0.2) is 24.3 Å². The summed E-state index contributed by atoms with van der Waals surface area (Å²) in [6, 6.07) is 7.69. The first-order chi connectivity index (χ1) is 15.0. The van der Waals surface area contributed by atoms with Gasteiger partial charge in [0.15, 0.2) is 0 Å². The van der Waals surface area contributed by atoms with E-state index in [1.807, 2.05) is 24.3 Å². The van der Waals surface area contributed by atoms with Gasteiger partial charge in [-0.2, -0.15) is 0 Å². The lowest BCUT2D eigenvalue weighted by atomic mass is 9.75. The van der Waals surface area contributed by atoms with Gasteiger partial charge in [-0.15, -0.1) is 0 Å². The lowest BCUT2D eigenvalue weighted by Crippen LogP contribution is -2.65. The number of unbranched alkanes of at least 4 members (excludes halogenated alkanes) is 1. The molecular weight excluding hydrogens is 396 g/mol. The smallest absolute Gasteiger partial charge is 0.407 e. The quantitative estimate of drug-likeness (QED) is 0.632. The third kappa shape index (κ3) is 3.39. The number of aromatic nitrogens is 2. The number of carbonyl (C=O) groups excluding carboxylic acids is 1. The van der Waals surface area contributed by atoms with E-state index in [1.54, 1.807) is 4.90 Å². The molecule has 2 N–H and O–H groups in total. The molecule has 2 aliphatic heterocycles. The SMILES string of the molecule is CCc1nc(CN2C(=O)C3(CN(C(=O)O)C3)c3ccccc32)n(CCCCO)c1CC. The van der Waals surface area contributed by atoms with Crippen LogP contribution in [-0.4, -0.2) is 56.4 Å². The average Bonchev–Trinajstić information content (AvgIpc) is 3.19. The summed E-state index contributed by atoms with van der Waals surface area (Å²) in [5.74, 6) is 0.800. The zero-order chi connectivity index (χ0) is 22.2. The van der Waals surface area contributed by atoms with Crippen LogP contribution in [0.1, 0.15) is 49.5 Å². The standard InChI is InChI=1S/C23H30N4O4/c1-3-17-18(4-2)26(11-7-8-12-28)20(24-17)13-27-19-10-6-5-9-16(19)23(21(27)29)14-25(15-23)22(30)31/h5-6,9-10,28H,3-4,7-8,11-15H2,1-2H3,(H,30,31). The largest absolute Gasteiger partial charge is 0.465 e. The average molecular weight is 427 g/mol. The maximum Gasteiger partial charge on any atom is 0.407 e. The topological polar surface area (TPSA) is 98.9 Å². The number of amides is 2. The number of para-hydroxylation sites is 1. The number of aliphatic hydroxyl groups excluding tert-OH is 1. The van der Waals surface area contributed by atoms with Crippen LogP contribution < -0.4 is 4.90 Å². The van der Waals surface area contributed by atoms with Crippen LogP contribution in [0.2, 0.25) is 0 Å². The van der Waals surface area contributed by atoms with Crippen molar-refractivity contribution >= 4 is 17.7 Å². The predicted molar refractivity (Wildman–Crippen MR) is 116 cm³/mol. The number of carbonyl (C=O) groups is 2. The summed E-state index contributed by atoms with van der Waals surface area (Å²) in [6.45, 7) is 5.86. The summed E-state index contributed by atoms with van der Waals surface area (Å²) in [5, 5.41) is 18.5. The number of hydrogen-bond acceptors (Lipinski definition) is 4. The summed E-state index contributed by atoms with van der Waals surface area (Å²) in [7, 11) is 0. The van der Waals surface area contributed by atoms with E-state index in [4.69, 9.17) is 4.98 Å². The molecule has 2 aliphatic rings. The van der Waals surface area contributed by atoms with Crippen molar-refractivity contribution in [3.8, 4) is 0 Å². The van der Waals surface area contributed by atoms with E-state index in [9.17, 15) is 19.8 Å². The second-order valence-electron chi connectivity index (χ2n) is 8.34. The van der Waals surface area contributed by atoms with E-state index < -0.39 is 11.5 Å². The minimum absolute atomic E-state index is 0.0489. The van der Waals surface area contributed by atoms with E-state index in [-0.39, 0.29) is 25.6 Å². The fourth-order valence-corrected chi connectivity index (χ4v) is 4.98. The highest BCUT2D eigenvalue weighted by atomic mass is 16.4. The number of rotatable bonds is 8. The lowest BCUT2D eigenvalue weighted by molar-refractivity contribution is -0.128. The van der Waals surface area contributed by atoms with Crippen LogP contribution in [0.25, 0.3) is 0 Å². The number of hydrogen-bond donors (Lipinski definition) is 2. The highest BCUT2D eigenvalue weighted by Crippen LogP contribution is 2.47. The predicted octanol–water partition coefficient (Wildman–Crippen LogP) is 2.56. The fraction of sp³-hybridized carbons (Fsp3) is 0.522. The molecule has 1 fully saturated rings. The lowest BCUT2D eigenvalue weighted by Gasteiger charge is -2.45. The van der Waals surface area contributed by atoms with Crippen LogP contribution in [0, 0.1) is 0 Å². The number of nitrogens with zero attached hydrogens (tertiary/aromatic N) is 4. The Morgan fingerprint density at radius 3 is 2.55 bits per heavy atom. The Hall–Kier alpha value is -2.87. The number of anilines is 1. The molecule has 1 spiro atoms. The number of carboxylic acid groups (broad SMARTS) is 1. The molecule has 2 amide bonds. The van der Waals surface area contributed by atoms with E-state index in [0.29, 0.717) is 6.54 Å². The Morgan fingerprint density at radius 2 is 1.90 bits per heavy atom. The summed E-state index contributed by atoms with van der Waals surface area (Å²) in [6.07, 6.45) is 2.26. The van der Waals surface area contributed by atoms with Gasteiger partial charge >= 0.3 is 6.09 Å². The van der Waals surface area contributed by atoms with Crippen molar-refractivity contribution in [2.45, 2.75) is 58.0 Å². The first-order valence-corrected chi connectivity index (χ1v) is 11.0. The van der Waals surface area contributed by atoms with Crippen molar-refractivity contribution in [2.75, 3.05) is 24.6 Å². The number of benzene rings is 1. The van der Waals surface area contributed by atoms with Gasteiger partial charge in [0.05, 0.1) is 12.2 Å². The molecule has 3 heterocycles. The molecule has 8 nitrogen and oxygen atoms in total. The molecule has 1 aromatic heterocycles. The van der Waals surface area contributed by atoms with Gasteiger partial charge in [0.2, 0.25) is 5.91 Å². The molecule has 0 bridgehead atoms. The Kier molecular flexibility index (Phi) is 5.75. The number of aliphatic hydroxyl groups is 1. The maximum absolute atomic E-state index is 13.6. The van der Waals surface area contributed by atoms with E-state index in [2.05, 4.69) is 18.4 Å². The van der Waals surface area contributed by atoms with Crippen LogP contribution >= 0.6 is 0 Å². The zero-order valence-corrected chi connectivity index (χ0v) is 18.2. The molecule has 1 aromatic carbocycles. The van der Waals surface area contributed by atoms with Crippen LogP contribution in [0.5, 0.6) is 0 Å². The number of imidazole rings is 1. The number of aryl methyl sites for hydroxylation is 1. The normalized spacial score (nSPS) is 16.7. The summed E-state index contributed by atoms with van der Waals surface area (Å²) < 4.78 is 2.21. The molecule has 0 atom stereocenters. The molecule has 166 valence electrons. The molecule has 31 heavy (non-hydrogen) atoms. The highest BCUT2D eigenvalue weighted by molar-refractivity contribution is 6.09. The summed E-state index contributed by atoms with van der Waals surface area (Å²) >= 11 is 0. The molecule has 4 rings (SSSR count). The Balaban J connectivity index is 1.68. The third-order valence-electron chi connectivity index (χ3n) is 6.55. The van der Waals surface area contributed by atoms with Crippen molar-refractivity contribution in [2.24, 2.45) is 0 Å². The van der Waals surface area contributed by atoms with Gasteiger partial charge in [0.1, 0.15) is 11.2 Å². The van der Waals surface area contributed by atoms with Gasteiger partial charge in [-0.3, -0.25) is 4.79 Å². The van der Waals surface area contributed by atoms with Crippen LogP contribution in [-0.2, 0) is 36.1 Å². The van der Waals surface area contributed by atoms with Crippen LogP contribution in [0.4, 0.5) is 10.5 Å². The molecule has 0 unspecified atom stereocenters. The second-order valence-corrected chi connectivity index (χ2v) is 8.34. The van der Waals surface area contributed by atoms with Gasteiger partial charge in [-0.05, 0) is 37.3 Å². The summed E-state index contributed by atoms with van der Waals surface area (Å²) in [4.78, 5) is 32.9. The molecule has 0 radical (unpaired) electrons. The minimum Gasteiger partial charge on any atom is -0.465 e. The fourth-order valence-electron chi connectivity index (χ4n) is 4.98. The molecule has 0 saturated carbocycles. The Bertz CT molecular complexity index is 993. The monoisotopic (exact) mass is 426 g/mol. The van der Waals surface area contributed by atoms with Crippen molar-refractivity contribution in [3.63, 3.8) is 0 Å². The van der Waals surface area contributed by atoms with Gasteiger partial charge in [0.25, 0.3) is 0 Å². The van der Waals surface area contributed by atoms with Gasteiger partial charge in [0, 0.05) is 37.6 Å². The molecule has 1 saturated heterocycles. The second kappa shape index (κ2) is 8.34. The van der Waals surface area contributed by atoms with E-state index in [0.717, 1.165) is 55.0 Å².